The number of nitrogens with zero attached hydrogens (tertiary/aromatic N) is 1. The Kier molecular flexibility index (Phi) is 11.4. The summed E-state index contributed by atoms with van der Waals surface area (Å²) in [6.45, 7) is 8.91. The number of carbonyl (C=O) groups excluding carboxylic acids is 1. The molecule has 0 saturated heterocycles. The van der Waals surface area contributed by atoms with Crippen molar-refractivity contribution < 1.29 is 39.5 Å². The quantitative estimate of drug-likeness (QED) is 0.180. The van der Waals surface area contributed by atoms with E-state index in [1.165, 1.54) is 30.3 Å². The number of hydrogen-bond donors (Lipinski definition) is 4. The molecule has 0 bridgehead atoms. The smallest absolute Gasteiger partial charge is 0.307 e. The van der Waals surface area contributed by atoms with E-state index in [2.05, 4.69) is 20.8 Å². The van der Waals surface area contributed by atoms with Gasteiger partial charge in [-0.1, -0.05) is 32.4 Å². The van der Waals surface area contributed by atoms with Gasteiger partial charge < -0.3 is 25.2 Å². The molecule has 4 N–H and O–H groups in total. The van der Waals surface area contributed by atoms with Crippen LogP contribution in [0.5, 0.6) is 5.75 Å². The molecule has 4 aliphatic carbocycles. The molecule has 1 aromatic heterocycles. The third-order valence-corrected chi connectivity index (χ3v) is 14.6. The van der Waals surface area contributed by atoms with Crippen molar-refractivity contribution in [3.8, 4) is 5.75 Å². The maximum Gasteiger partial charge on any atom is 0.307 e. The van der Waals surface area contributed by atoms with E-state index in [-0.39, 0.29) is 41.8 Å². The first-order valence-corrected chi connectivity index (χ1v) is 19.7. The van der Waals surface area contributed by atoms with Crippen LogP contribution in [-0.2, 0) is 16.0 Å². The van der Waals surface area contributed by atoms with Crippen molar-refractivity contribution in [2.45, 2.75) is 111 Å². The highest BCUT2D eigenvalue weighted by Crippen LogP contribution is 2.68. The van der Waals surface area contributed by atoms with Crippen LogP contribution in [0.3, 0.4) is 0 Å². The molecule has 3 aromatic rings. The predicted octanol–water partition coefficient (Wildman–Crippen LogP) is 8.41. The topological polar surface area (TPSA) is 146 Å². The zero-order chi connectivity index (χ0) is 38.4. The Labute approximate surface area is 317 Å². The lowest BCUT2D eigenvalue weighted by atomic mass is 9.43. The van der Waals surface area contributed by atoms with Gasteiger partial charge in [-0.15, -0.1) is 0 Å². The predicted molar refractivity (Wildman–Crippen MR) is 204 cm³/mol. The second-order valence-corrected chi connectivity index (χ2v) is 17.5. The van der Waals surface area contributed by atoms with E-state index in [1.54, 1.807) is 56.5 Å². The monoisotopic (exact) mass is 749 g/mol. The van der Waals surface area contributed by atoms with Crippen LogP contribution >= 0.6 is 11.6 Å². The molecule has 2 aromatic carbocycles. The molecule has 53 heavy (non-hydrogen) atoms. The fourth-order valence-corrected chi connectivity index (χ4v) is 11.8. The van der Waals surface area contributed by atoms with E-state index in [0.29, 0.717) is 74.0 Å². The van der Waals surface area contributed by atoms with Crippen molar-refractivity contribution in [3.63, 3.8) is 0 Å². The summed E-state index contributed by atoms with van der Waals surface area (Å²) in [4.78, 5) is 35.3. The van der Waals surface area contributed by atoms with Crippen molar-refractivity contribution >= 4 is 40.3 Å². The number of methoxy groups -OCH3 is 1. The molecule has 10 atom stereocenters. The largest absolute Gasteiger partial charge is 0.497 e. The van der Waals surface area contributed by atoms with Crippen molar-refractivity contribution in [3.05, 3.63) is 64.3 Å². The van der Waals surface area contributed by atoms with E-state index in [0.717, 1.165) is 32.1 Å². The second-order valence-electron chi connectivity index (χ2n) is 17.0. The Balaban J connectivity index is 0.000000183. The number of aromatic nitrogens is 1. The highest BCUT2D eigenvalue weighted by Gasteiger charge is 2.62. The average Bonchev–Trinajstić information content (AvgIpc) is 3.61. The molecule has 0 spiro atoms. The molecule has 288 valence electrons. The van der Waals surface area contributed by atoms with Crippen LogP contribution in [0.15, 0.2) is 42.5 Å². The summed E-state index contributed by atoms with van der Waals surface area (Å²) < 4.78 is 6.77. The first-order chi connectivity index (χ1) is 25.1. The van der Waals surface area contributed by atoms with E-state index in [9.17, 15) is 29.7 Å². The van der Waals surface area contributed by atoms with Crippen molar-refractivity contribution in [2.75, 3.05) is 7.11 Å². The van der Waals surface area contributed by atoms with Crippen LogP contribution in [-0.4, -0.2) is 62.2 Å². The zero-order valence-corrected chi connectivity index (χ0v) is 32.4. The number of aliphatic hydroxyl groups is 2. The molecule has 1 heterocycles. The van der Waals surface area contributed by atoms with E-state index in [1.807, 2.05) is 0 Å². The fraction of sp³-hybridized carbons (Fsp3) is 0.605. The molecule has 0 aliphatic heterocycles. The average molecular weight is 750 g/mol. The van der Waals surface area contributed by atoms with Crippen LogP contribution in [0.2, 0.25) is 5.02 Å². The fourth-order valence-electron chi connectivity index (χ4n) is 11.7. The number of benzene rings is 2. The highest BCUT2D eigenvalue weighted by atomic mass is 35.5. The van der Waals surface area contributed by atoms with Crippen LogP contribution in [0.1, 0.15) is 107 Å². The minimum Gasteiger partial charge on any atom is -0.497 e. The van der Waals surface area contributed by atoms with Gasteiger partial charge in [0.1, 0.15) is 5.75 Å². The van der Waals surface area contributed by atoms with Crippen molar-refractivity contribution in [1.29, 1.82) is 0 Å². The molecule has 10 heteroatoms. The lowest BCUT2D eigenvalue weighted by Gasteiger charge is -2.62. The van der Waals surface area contributed by atoms with Crippen LogP contribution in [0, 0.1) is 53.3 Å². The van der Waals surface area contributed by atoms with Crippen molar-refractivity contribution in [1.82, 2.24) is 4.57 Å². The number of halogens is 1. The van der Waals surface area contributed by atoms with Crippen LogP contribution in [0.25, 0.3) is 10.9 Å². The number of hydrogen-bond acceptors (Lipinski definition) is 6. The molecule has 4 fully saturated rings. The lowest BCUT2D eigenvalue weighted by molar-refractivity contribution is -0.174. The van der Waals surface area contributed by atoms with E-state index < -0.39 is 11.9 Å². The van der Waals surface area contributed by atoms with Crippen LogP contribution < -0.4 is 4.74 Å². The standard InChI is InChI=1S/C24H40O4.C19H16ClNO4/c1-14(4-7-21(27)28)17-5-6-18-22-19(9-11-24(17,18)3)23(2)10-8-16(25)12-15(23)13-20(22)26;1-11-15(10-18(22)23)16-9-14(25-2)7-8-17(16)21(11)19(24)12-3-5-13(20)6-4-12/h14-20,22,25-26H,4-13H2,1-3H3,(H,27,28);3-9H,10H2,1-2H3,(H,22,23)/t14-,15+,16-,17-,18+,19+,20+,22+,23+,24-;/m1./s1. The number of ether oxygens (including phenoxy) is 1. The highest BCUT2D eigenvalue weighted by molar-refractivity contribution is 6.30. The van der Waals surface area contributed by atoms with Gasteiger partial charge in [0.05, 0.1) is 31.3 Å². The lowest BCUT2D eigenvalue weighted by Crippen LogP contribution is -2.58. The van der Waals surface area contributed by atoms with Gasteiger partial charge in [-0.2, -0.15) is 0 Å². The summed E-state index contributed by atoms with van der Waals surface area (Å²) in [6.07, 6.45) is 9.02. The second kappa shape index (κ2) is 15.4. The van der Waals surface area contributed by atoms with Gasteiger partial charge in [0, 0.05) is 28.1 Å². The number of carbonyl (C=O) groups is 3. The summed E-state index contributed by atoms with van der Waals surface area (Å²) in [7, 11) is 1.54. The minimum absolute atomic E-state index is 0.170. The van der Waals surface area contributed by atoms with E-state index >= 15 is 0 Å². The maximum absolute atomic E-state index is 13.0. The molecular formula is C43H56ClNO8. The minimum atomic E-state index is -0.955. The Hall–Kier alpha value is -3.40. The Morgan fingerprint density at radius 1 is 0.925 bits per heavy atom. The Morgan fingerprint density at radius 2 is 1.60 bits per heavy atom. The molecule has 9 nitrogen and oxygen atoms in total. The maximum atomic E-state index is 13.0. The number of aliphatic hydroxyl groups excluding tert-OH is 2. The molecule has 4 aliphatic rings. The summed E-state index contributed by atoms with van der Waals surface area (Å²) >= 11 is 5.89. The third-order valence-electron chi connectivity index (χ3n) is 14.4. The molecule has 4 saturated carbocycles. The first-order valence-electron chi connectivity index (χ1n) is 19.4. The number of carboxylic acid groups (broad SMARTS) is 2. The zero-order valence-electron chi connectivity index (χ0n) is 31.7. The molecule has 0 unspecified atom stereocenters. The summed E-state index contributed by atoms with van der Waals surface area (Å²) in [5.74, 6) is 1.77. The molecule has 7 rings (SSSR count). The number of carboxylic acids is 2. The summed E-state index contributed by atoms with van der Waals surface area (Å²) in [6, 6.07) is 11.9. The van der Waals surface area contributed by atoms with Gasteiger partial charge in [0.15, 0.2) is 0 Å². The summed E-state index contributed by atoms with van der Waals surface area (Å²) in [5.41, 5.74) is 2.85. The number of aliphatic carboxylic acids is 2. The Morgan fingerprint density at radius 3 is 2.26 bits per heavy atom. The first kappa shape index (κ1) is 39.3. The van der Waals surface area contributed by atoms with Gasteiger partial charge >= 0.3 is 11.9 Å². The SMILES string of the molecule is COc1ccc2c(c1)c(CC(=O)O)c(C)n2C(=O)c1ccc(Cl)cc1.C[C@H](CCC(=O)O)[C@H]1CC[C@H]2[C@@H]3[C@@H](O)C[C@@H]4C[C@H](O)CC[C@]4(C)[C@H]3CC[C@]12C. The third kappa shape index (κ3) is 7.38. The number of rotatable bonds is 8. The van der Waals surface area contributed by atoms with Gasteiger partial charge in [-0.05, 0) is 159 Å². The molecular weight excluding hydrogens is 694 g/mol. The summed E-state index contributed by atoms with van der Waals surface area (Å²) in [5, 5.41) is 41.0. The van der Waals surface area contributed by atoms with Crippen LogP contribution in [0.4, 0.5) is 0 Å². The molecule has 0 radical (unpaired) electrons. The van der Waals surface area contributed by atoms with Crippen molar-refractivity contribution in [2.24, 2.45) is 46.3 Å². The van der Waals surface area contributed by atoms with Gasteiger partial charge in [-0.25, -0.2) is 0 Å². The van der Waals surface area contributed by atoms with Gasteiger partial charge in [-0.3, -0.25) is 19.0 Å². The molecule has 0 amide bonds. The van der Waals surface area contributed by atoms with E-state index in [4.69, 9.17) is 21.4 Å². The van der Waals surface area contributed by atoms with Gasteiger partial charge in [0.2, 0.25) is 0 Å². The number of fused-ring (bicyclic) bond motifs is 6. The Bertz CT molecular complexity index is 1840. The van der Waals surface area contributed by atoms with Gasteiger partial charge in [0.25, 0.3) is 5.91 Å². The normalized spacial score (nSPS) is 32.4.